The number of carbonyl (C=O) groups is 1. The molecule has 2 aromatic rings. The average Bonchev–Trinajstić information content (AvgIpc) is 2.23. The topological polar surface area (TPSA) is 78.0 Å². The molecule has 5 nitrogen and oxygen atoms in total. The summed E-state index contributed by atoms with van der Waals surface area (Å²) in [5.41, 5.74) is 5.20. The van der Waals surface area contributed by atoms with Crippen LogP contribution in [0.15, 0.2) is 29.2 Å². The fourth-order valence-corrected chi connectivity index (χ4v) is 1.47. The molecule has 0 radical (unpaired) electrons. The predicted molar refractivity (Wildman–Crippen MR) is 55.5 cm³/mol. The van der Waals surface area contributed by atoms with E-state index in [1.165, 1.54) is 10.6 Å². The largest absolute Gasteiger partial charge is 0.365 e. The molecule has 2 aromatic heterocycles. The predicted octanol–water partition coefficient (Wildman–Crippen LogP) is 0.0324. The number of pyridine rings is 2. The zero-order chi connectivity index (χ0) is 11.0. The van der Waals surface area contributed by atoms with Crippen molar-refractivity contribution >= 4 is 16.9 Å². The first-order chi connectivity index (χ1) is 7.11. The molecule has 2 rings (SSSR count). The van der Waals surface area contributed by atoms with Gasteiger partial charge in [0.2, 0.25) is 0 Å². The van der Waals surface area contributed by atoms with E-state index in [2.05, 4.69) is 4.98 Å². The van der Waals surface area contributed by atoms with Gasteiger partial charge in [-0.15, -0.1) is 0 Å². The van der Waals surface area contributed by atoms with Crippen LogP contribution in [-0.4, -0.2) is 15.5 Å². The highest BCUT2D eigenvalue weighted by molar-refractivity contribution is 5.95. The smallest absolute Gasteiger partial charge is 0.264 e. The van der Waals surface area contributed by atoms with Crippen LogP contribution >= 0.6 is 0 Å². The van der Waals surface area contributed by atoms with E-state index in [1.54, 1.807) is 25.4 Å². The van der Waals surface area contributed by atoms with Crippen molar-refractivity contribution in [2.75, 3.05) is 0 Å². The second-order valence-electron chi connectivity index (χ2n) is 3.20. The van der Waals surface area contributed by atoms with Gasteiger partial charge < -0.3 is 5.73 Å². The van der Waals surface area contributed by atoms with Crippen LogP contribution in [0.3, 0.4) is 0 Å². The number of primary amides is 1. The van der Waals surface area contributed by atoms with E-state index in [4.69, 9.17) is 5.73 Å². The molecule has 1 amide bonds. The fraction of sp³-hybridized carbons (Fsp3) is 0.100. The van der Waals surface area contributed by atoms with E-state index in [0.29, 0.717) is 11.0 Å². The van der Waals surface area contributed by atoms with Crippen LogP contribution in [0.4, 0.5) is 0 Å². The minimum Gasteiger partial charge on any atom is -0.365 e. The van der Waals surface area contributed by atoms with Crippen molar-refractivity contribution in [1.29, 1.82) is 0 Å². The lowest BCUT2D eigenvalue weighted by Crippen LogP contribution is -2.28. The van der Waals surface area contributed by atoms with Crippen LogP contribution in [0.2, 0.25) is 0 Å². The van der Waals surface area contributed by atoms with Crippen LogP contribution in [-0.2, 0) is 7.05 Å². The third-order valence-corrected chi connectivity index (χ3v) is 2.23. The molecule has 2 N–H and O–H groups in total. The maximum absolute atomic E-state index is 11.6. The van der Waals surface area contributed by atoms with E-state index >= 15 is 0 Å². The first-order valence-corrected chi connectivity index (χ1v) is 4.36. The highest BCUT2D eigenvalue weighted by Gasteiger charge is 2.10. The van der Waals surface area contributed by atoms with E-state index in [0.717, 1.165) is 0 Å². The second-order valence-corrected chi connectivity index (χ2v) is 3.20. The second kappa shape index (κ2) is 3.20. The number of hydrogen-bond acceptors (Lipinski definition) is 3. The van der Waals surface area contributed by atoms with E-state index in [1.807, 2.05) is 0 Å². The van der Waals surface area contributed by atoms with Crippen LogP contribution in [0.1, 0.15) is 10.4 Å². The maximum atomic E-state index is 11.6. The SMILES string of the molecule is Cn1c(=O)c(C(N)=O)cc2cccnc21. The molecular formula is C10H9N3O2. The van der Waals surface area contributed by atoms with Crippen LogP contribution < -0.4 is 11.3 Å². The molecule has 0 aromatic carbocycles. The summed E-state index contributed by atoms with van der Waals surface area (Å²) in [4.78, 5) is 26.7. The number of rotatable bonds is 1. The van der Waals surface area contributed by atoms with Crippen molar-refractivity contribution in [3.05, 3.63) is 40.3 Å². The van der Waals surface area contributed by atoms with Crippen molar-refractivity contribution in [3.8, 4) is 0 Å². The summed E-state index contributed by atoms with van der Waals surface area (Å²) >= 11 is 0. The molecule has 0 fully saturated rings. The summed E-state index contributed by atoms with van der Waals surface area (Å²) in [5, 5.41) is 0.716. The Morgan fingerprint density at radius 1 is 1.53 bits per heavy atom. The molecule has 0 aliphatic heterocycles. The molecule has 0 aliphatic carbocycles. The highest BCUT2D eigenvalue weighted by atomic mass is 16.2. The molecule has 0 saturated heterocycles. The number of nitrogens with zero attached hydrogens (tertiary/aromatic N) is 2. The third-order valence-electron chi connectivity index (χ3n) is 2.23. The summed E-state index contributed by atoms with van der Waals surface area (Å²) in [6.07, 6.45) is 1.59. The van der Waals surface area contributed by atoms with Gasteiger partial charge in [-0.2, -0.15) is 0 Å². The van der Waals surface area contributed by atoms with Crippen LogP contribution in [0, 0.1) is 0 Å². The van der Waals surface area contributed by atoms with Crippen molar-refractivity contribution in [2.24, 2.45) is 12.8 Å². The molecule has 0 aliphatic rings. The Bertz CT molecular complexity index is 601. The van der Waals surface area contributed by atoms with Crippen molar-refractivity contribution in [3.63, 3.8) is 0 Å². The number of fused-ring (bicyclic) bond motifs is 1. The molecule has 2 heterocycles. The maximum Gasteiger partial charge on any atom is 0.264 e. The van der Waals surface area contributed by atoms with E-state index in [9.17, 15) is 9.59 Å². The summed E-state index contributed by atoms with van der Waals surface area (Å²) in [6.45, 7) is 0. The zero-order valence-corrected chi connectivity index (χ0v) is 8.10. The Morgan fingerprint density at radius 3 is 2.93 bits per heavy atom. The normalized spacial score (nSPS) is 10.5. The van der Waals surface area contributed by atoms with Gasteiger partial charge in [-0.3, -0.25) is 14.2 Å². The average molecular weight is 203 g/mol. The van der Waals surface area contributed by atoms with Gasteiger partial charge in [0.05, 0.1) is 0 Å². The van der Waals surface area contributed by atoms with Crippen molar-refractivity contribution < 1.29 is 4.79 Å². The van der Waals surface area contributed by atoms with Gasteiger partial charge in [0.25, 0.3) is 11.5 Å². The summed E-state index contributed by atoms with van der Waals surface area (Å²) in [7, 11) is 1.56. The van der Waals surface area contributed by atoms with Gasteiger partial charge in [-0.25, -0.2) is 4.98 Å². The number of aromatic nitrogens is 2. The van der Waals surface area contributed by atoms with Crippen LogP contribution in [0.5, 0.6) is 0 Å². The number of aryl methyl sites for hydroxylation is 1. The molecule has 0 unspecified atom stereocenters. The Morgan fingerprint density at radius 2 is 2.27 bits per heavy atom. The number of amides is 1. The third kappa shape index (κ3) is 1.38. The van der Waals surface area contributed by atoms with Crippen molar-refractivity contribution in [2.45, 2.75) is 0 Å². The van der Waals surface area contributed by atoms with Gasteiger partial charge >= 0.3 is 0 Å². The molecule has 76 valence electrons. The molecule has 0 bridgehead atoms. The van der Waals surface area contributed by atoms with Gasteiger partial charge in [-0.1, -0.05) is 0 Å². The van der Waals surface area contributed by atoms with E-state index < -0.39 is 11.5 Å². The standard InChI is InChI=1S/C10H9N3O2/c1-13-9-6(3-2-4-12-9)5-7(8(11)14)10(13)15/h2-5H,1H3,(H2,11,14). The molecule has 15 heavy (non-hydrogen) atoms. The summed E-state index contributed by atoms with van der Waals surface area (Å²) < 4.78 is 1.31. The minimum absolute atomic E-state index is 0.0157. The monoisotopic (exact) mass is 203 g/mol. The highest BCUT2D eigenvalue weighted by Crippen LogP contribution is 2.08. The Balaban J connectivity index is 2.95. The lowest BCUT2D eigenvalue weighted by molar-refractivity contribution is 0.0998. The van der Waals surface area contributed by atoms with Crippen LogP contribution in [0.25, 0.3) is 11.0 Å². The molecule has 0 spiro atoms. The molecule has 5 heteroatoms. The zero-order valence-electron chi connectivity index (χ0n) is 8.10. The van der Waals surface area contributed by atoms with Gasteiger partial charge in [0.15, 0.2) is 0 Å². The van der Waals surface area contributed by atoms with Crippen molar-refractivity contribution in [1.82, 2.24) is 9.55 Å². The number of hydrogen-bond donors (Lipinski definition) is 1. The lowest BCUT2D eigenvalue weighted by Gasteiger charge is -2.04. The molecular weight excluding hydrogens is 194 g/mol. The molecule has 0 atom stereocenters. The lowest BCUT2D eigenvalue weighted by atomic mass is 10.2. The molecule has 0 saturated carbocycles. The number of nitrogens with two attached hydrogens (primary N) is 1. The van der Waals surface area contributed by atoms with E-state index in [-0.39, 0.29) is 5.56 Å². The van der Waals surface area contributed by atoms with Gasteiger partial charge in [-0.05, 0) is 18.2 Å². The summed E-state index contributed by atoms with van der Waals surface area (Å²) in [6, 6.07) is 4.97. The quantitative estimate of drug-likeness (QED) is 0.710. The fourth-order valence-electron chi connectivity index (χ4n) is 1.47. The first kappa shape index (κ1) is 9.39. The minimum atomic E-state index is -0.721. The first-order valence-electron chi connectivity index (χ1n) is 4.36. The Kier molecular flexibility index (Phi) is 2.00. The van der Waals surface area contributed by atoms with Gasteiger partial charge in [0.1, 0.15) is 11.2 Å². The summed E-state index contributed by atoms with van der Waals surface area (Å²) in [5.74, 6) is -0.721. The van der Waals surface area contributed by atoms with Gasteiger partial charge in [0, 0.05) is 18.6 Å². The Hall–Kier alpha value is -2.17. The number of carbonyl (C=O) groups excluding carboxylic acids is 1. The Labute approximate surface area is 85.2 Å².